The molecule has 0 radical (unpaired) electrons. The van der Waals surface area contributed by atoms with E-state index in [9.17, 15) is 9.90 Å². The van der Waals surface area contributed by atoms with Gasteiger partial charge in [-0.05, 0) is 0 Å². The van der Waals surface area contributed by atoms with Crippen LogP contribution < -0.4 is 11.1 Å². The zero-order chi connectivity index (χ0) is 24.1. The standard InChI is InChI=1S/C22H22N8O5/c1-24-19(32)12-7-26-30(8-12)22-27-17(23)14-18(28-22)29(10-25-14)20-16-15(13(9-31)33-20)34-21(35-16)11-5-3-2-4-6-11/h2-8,10,13,15-16,20-21,31H,9H2,1H3,(H,24,32)(H2,23,27,28)/t13-,15-,16-,20-,21?/m1/s1. The third-order valence-electron chi connectivity index (χ3n) is 6.09. The first-order valence-electron chi connectivity index (χ1n) is 11.0. The number of imidazole rings is 1. The number of fused-ring (bicyclic) bond motifs is 2. The molecule has 180 valence electrons. The fraction of sp³-hybridized carbons (Fsp3) is 0.318. The summed E-state index contributed by atoms with van der Waals surface area (Å²) in [5, 5.41) is 16.6. The van der Waals surface area contributed by atoms with Gasteiger partial charge in [-0.1, -0.05) is 30.3 Å². The number of nitrogens with one attached hydrogen (secondary N) is 1. The molecular weight excluding hydrogens is 456 g/mol. The van der Waals surface area contributed by atoms with E-state index in [0.717, 1.165) is 5.56 Å². The lowest BCUT2D eigenvalue weighted by atomic mass is 10.1. The highest BCUT2D eigenvalue weighted by Gasteiger charge is 2.53. The van der Waals surface area contributed by atoms with Crippen molar-refractivity contribution >= 4 is 22.9 Å². The molecule has 2 aliphatic rings. The Labute approximate surface area is 198 Å². The van der Waals surface area contributed by atoms with E-state index in [1.807, 2.05) is 30.3 Å². The number of rotatable bonds is 5. The third-order valence-corrected chi connectivity index (χ3v) is 6.09. The Morgan fingerprint density at radius 3 is 2.74 bits per heavy atom. The second-order valence-corrected chi connectivity index (χ2v) is 8.18. The minimum Gasteiger partial charge on any atom is -0.394 e. The number of nitrogen functional groups attached to an aromatic ring is 1. The van der Waals surface area contributed by atoms with Crippen LogP contribution in [0.3, 0.4) is 0 Å². The second-order valence-electron chi connectivity index (χ2n) is 8.18. The van der Waals surface area contributed by atoms with Gasteiger partial charge in [0.1, 0.15) is 23.8 Å². The van der Waals surface area contributed by atoms with Crippen molar-refractivity contribution in [3.63, 3.8) is 0 Å². The van der Waals surface area contributed by atoms with E-state index in [0.29, 0.717) is 16.7 Å². The number of carbonyl (C=O) groups excluding carboxylic acids is 1. The van der Waals surface area contributed by atoms with Crippen LogP contribution in [0.15, 0.2) is 49.1 Å². The van der Waals surface area contributed by atoms with Crippen molar-refractivity contribution in [2.45, 2.75) is 30.8 Å². The summed E-state index contributed by atoms with van der Waals surface area (Å²) in [7, 11) is 1.53. The summed E-state index contributed by atoms with van der Waals surface area (Å²) in [6, 6.07) is 9.56. The fourth-order valence-electron chi connectivity index (χ4n) is 4.38. The van der Waals surface area contributed by atoms with Gasteiger partial charge in [0.2, 0.25) is 0 Å². The Kier molecular flexibility index (Phi) is 5.18. The first-order chi connectivity index (χ1) is 17.1. The molecule has 13 heteroatoms. The molecule has 0 saturated carbocycles. The van der Waals surface area contributed by atoms with Crippen LogP contribution in [0.4, 0.5) is 5.82 Å². The molecule has 5 heterocycles. The lowest BCUT2D eigenvalue weighted by Crippen LogP contribution is -2.30. The Morgan fingerprint density at radius 2 is 1.97 bits per heavy atom. The Bertz CT molecular complexity index is 1390. The molecule has 3 aromatic heterocycles. The molecule has 2 saturated heterocycles. The number of ether oxygens (including phenoxy) is 3. The van der Waals surface area contributed by atoms with Crippen LogP contribution in [0.25, 0.3) is 17.1 Å². The van der Waals surface area contributed by atoms with Gasteiger partial charge in [0.05, 0.1) is 24.7 Å². The number of nitrogens with zero attached hydrogens (tertiary/aromatic N) is 6. The number of amides is 1. The first-order valence-corrected chi connectivity index (χ1v) is 11.0. The predicted molar refractivity (Wildman–Crippen MR) is 120 cm³/mol. The number of aliphatic hydroxyl groups excluding tert-OH is 1. The summed E-state index contributed by atoms with van der Waals surface area (Å²) in [6.07, 6.45) is 1.55. The molecule has 0 aliphatic carbocycles. The lowest BCUT2D eigenvalue weighted by molar-refractivity contribution is -0.153. The maximum atomic E-state index is 11.9. The fourth-order valence-corrected chi connectivity index (χ4v) is 4.38. The highest BCUT2D eigenvalue weighted by Crippen LogP contribution is 2.44. The van der Waals surface area contributed by atoms with Gasteiger partial charge >= 0.3 is 0 Å². The third kappa shape index (κ3) is 3.52. The molecule has 2 aliphatic heterocycles. The van der Waals surface area contributed by atoms with Gasteiger partial charge in [0, 0.05) is 18.8 Å². The highest BCUT2D eigenvalue weighted by molar-refractivity contribution is 5.93. The van der Waals surface area contributed by atoms with Gasteiger partial charge < -0.3 is 30.4 Å². The molecule has 0 spiro atoms. The van der Waals surface area contributed by atoms with Crippen molar-refractivity contribution in [3.05, 3.63) is 60.2 Å². The second kappa shape index (κ2) is 8.39. The quantitative estimate of drug-likeness (QED) is 0.364. The van der Waals surface area contributed by atoms with E-state index < -0.39 is 30.8 Å². The van der Waals surface area contributed by atoms with Gasteiger partial charge in [-0.2, -0.15) is 15.1 Å². The molecule has 0 bridgehead atoms. The molecule has 6 rings (SSSR count). The summed E-state index contributed by atoms with van der Waals surface area (Å²) in [6.45, 7) is -0.243. The number of aromatic nitrogens is 6. The normalized spacial score (nSPS) is 25.7. The molecule has 2 fully saturated rings. The topological polar surface area (TPSA) is 164 Å². The Hall–Kier alpha value is -3.91. The molecule has 1 aromatic carbocycles. The van der Waals surface area contributed by atoms with E-state index in [1.165, 1.54) is 24.1 Å². The summed E-state index contributed by atoms with van der Waals surface area (Å²) < 4.78 is 21.5. The summed E-state index contributed by atoms with van der Waals surface area (Å²) in [5.41, 5.74) is 8.15. The number of benzene rings is 1. The Balaban J connectivity index is 1.37. The maximum absolute atomic E-state index is 11.9. The largest absolute Gasteiger partial charge is 0.394 e. The first kappa shape index (κ1) is 21.6. The molecule has 1 amide bonds. The van der Waals surface area contributed by atoms with E-state index >= 15 is 0 Å². The zero-order valence-corrected chi connectivity index (χ0v) is 18.6. The number of carbonyl (C=O) groups is 1. The number of hydrogen-bond donors (Lipinski definition) is 3. The van der Waals surface area contributed by atoms with Crippen molar-refractivity contribution < 1.29 is 24.1 Å². The summed E-state index contributed by atoms with van der Waals surface area (Å²) in [4.78, 5) is 25.2. The van der Waals surface area contributed by atoms with Crippen LogP contribution in [0, 0.1) is 0 Å². The predicted octanol–water partition coefficient (Wildman–Crippen LogP) is 0.326. The number of hydrogen-bond acceptors (Lipinski definition) is 10. The molecular formula is C22H22N8O5. The van der Waals surface area contributed by atoms with Crippen LogP contribution in [0.1, 0.15) is 28.4 Å². The van der Waals surface area contributed by atoms with Crippen molar-refractivity contribution in [1.82, 2.24) is 34.6 Å². The van der Waals surface area contributed by atoms with Crippen LogP contribution in [-0.2, 0) is 14.2 Å². The number of nitrogens with two attached hydrogens (primary N) is 1. The van der Waals surface area contributed by atoms with Crippen molar-refractivity contribution in [2.24, 2.45) is 0 Å². The van der Waals surface area contributed by atoms with Crippen molar-refractivity contribution in [2.75, 3.05) is 19.4 Å². The van der Waals surface area contributed by atoms with Gasteiger partial charge in [0.15, 0.2) is 24.0 Å². The minimum absolute atomic E-state index is 0.139. The van der Waals surface area contributed by atoms with Crippen LogP contribution in [0.5, 0.6) is 0 Å². The average molecular weight is 478 g/mol. The monoisotopic (exact) mass is 478 g/mol. The van der Waals surface area contributed by atoms with Crippen LogP contribution in [-0.4, -0.2) is 72.3 Å². The smallest absolute Gasteiger partial charge is 0.254 e. The zero-order valence-electron chi connectivity index (χ0n) is 18.6. The van der Waals surface area contributed by atoms with E-state index in [4.69, 9.17) is 19.9 Å². The van der Waals surface area contributed by atoms with Crippen LogP contribution >= 0.6 is 0 Å². The van der Waals surface area contributed by atoms with Gasteiger partial charge in [-0.3, -0.25) is 9.36 Å². The Morgan fingerprint density at radius 1 is 1.17 bits per heavy atom. The molecule has 35 heavy (non-hydrogen) atoms. The minimum atomic E-state index is -0.683. The molecule has 4 aromatic rings. The van der Waals surface area contributed by atoms with Gasteiger partial charge in [0.25, 0.3) is 11.9 Å². The molecule has 13 nitrogen and oxygen atoms in total. The maximum Gasteiger partial charge on any atom is 0.254 e. The van der Waals surface area contributed by atoms with Crippen LogP contribution in [0.2, 0.25) is 0 Å². The van der Waals surface area contributed by atoms with Crippen molar-refractivity contribution in [3.8, 4) is 5.95 Å². The highest BCUT2D eigenvalue weighted by atomic mass is 16.8. The molecule has 4 N–H and O–H groups in total. The molecule has 1 unspecified atom stereocenters. The lowest BCUT2D eigenvalue weighted by Gasteiger charge is -2.20. The van der Waals surface area contributed by atoms with E-state index in [1.54, 1.807) is 10.9 Å². The summed E-state index contributed by atoms with van der Waals surface area (Å²) >= 11 is 0. The summed E-state index contributed by atoms with van der Waals surface area (Å²) in [5.74, 6) is 0.00722. The molecule has 5 atom stereocenters. The number of anilines is 1. The number of aliphatic hydroxyl groups is 1. The van der Waals surface area contributed by atoms with E-state index in [-0.39, 0.29) is 24.3 Å². The van der Waals surface area contributed by atoms with Gasteiger partial charge in [-0.15, -0.1) is 0 Å². The SMILES string of the molecule is CNC(=O)c1cnn(-c2nc(N)c3ncn([C@@H]4O[C@H](CO)[C@H]5OC(c6ccccc6)O[C@H]54)c3n2)c1. The van der Waals surface area contributed by atoms with Gasteiger partial charge in [-0.25, -0.2) is 9.67 Å². The van der Waals surface area contributed by atoms with Crippen molar-refractivity contribution in [1.29, 1.82) is 0 Å². The average Bonchev–Trinajstić information content (AvgIpc) is 3.67. The van der Waals surface area contributed by atoms with E-state index in [2.05, 4.69) is 25.4 Å².